The van der Waals surface area contributed by atoms with Crippen LogP contribution in [0.2, 0.25) is 0 Å². The minimum atomic E-state index is -3.55. The van der Waals surface area contributed by atoms with E-state index in [0.29, 0.717) is 5.56 Å². The smallest absolute Gasteiger partial charge is 0.375 e. The third-order valence-corrected chi connectivity index (χ3v) is 4.48. The van der Waals surface area contributed by atoms with Gasteiger partial charge in [0, 0.05) is 12.5 Å². The molecule has 0 heterocycles. The molecule has 5 nitrogen and oxygen atoms in total. The number of carbonyl (C=O) groups is 1. The predicted octanol–water partition coefficient (Wildman–Crippen LogP) is 3.51. The molecule has 0 radical (unpaired) electrons. The lowest BCUT2D eigenvalue weighted by atomic mass is 10.2. The van der Waals surface area contributed by atoms with Gasteiger partial charge in [-0.05, 0) is 13.8 Å². The second-order valence-electron chi connectivity index (χ2n) is 3.75. The molecule has 0 N–H and O–H groups in total. The zero-order valence-electron chi connectivity index (χ0n) is 11.4. The van der Waals surface area contributed by atoms with Gasteiger partial charge in [0.05, 0.1) is 13.2 Å². The molecule has 1 atom stereocenters. The Morgan fingerprint density at radius 3 is 2.11 bits per heavy atom. The predicted molar refractivity (Wildman–Crippen MR) is 71.8 cm³/mol. The summed E-state index contributed by atoms with van der Waals surface area (Å²) >= 11 is 0. The van der Waals surface area contributed by atoms with Crippen LogP contribution in [-0.4, -0.2) is 19.2 Å². The number of rotatable bonds is 7. The zero-order chi connectivity index (χ0) is 14.3. The van der Waals surface area contributed by atoms with Crippen molar-refractivity contribution in [3.8, 4) is 0 Å². The molecule has 0 aliphatic rings. The van der Waals surface area contributed by atoms with Crippen molar-refractivity contribution in [3.05, 3.63) is 35.9 Å². The average Bonchev–Trinajstić information content (AvgIpc) is 2.37. The maximum absolute atomic E-state index is 12.7. The number of carbonyl (C=O) groups excluding carboxylic acids is 1. The van der Waals surface area contributed by atoms with Gasteiger partial charge in [0.25, 0.3) is 0 Å². The molecule has 1 unspecified atom stereocenters. The fraction of sp³-hybridized carbons (Fsp3) is 0.462. The number of ether oxygens (including phenoxy) is 1. The Balaban J connectivity index is 3.14. The van der Waals surface area contributed by atoms with E-state index in [1.807, 2.05) is 6.07 Å². The molecular weight excluding hydrogens is 267 g/mol. The summed E-state index contributed by atoms with van der Waals surface area (Å²) in [6.07, 6.45) is 0. The maximum atomic E-state index is 12.7. The molecule has 0 fully saturated rings. The van der Waals surface area contributed by atoms with Crippen LogP contribution in [0.25, 0.3) is 0 Å². The van der Waals surface area contributed by atoms with Gasteiger partial charge in [-0.1, -0.05) is 30.3 Å². The summed E-state index contributed by atoms with van der Waals surface area (Å²) in [5.74, 6) is -1.57. The first-order valence-electron chi connectivity index (χ1n) is 6.14. The highest BCUT2D eigenvalue weighted by Crippen LogP contribution is 2.61. The van der Waals surface area contributed by atoms with Crippen molar-refractivity contribution >= 4 is 13.6 Å². The highest BCUT2D eigenvalue weighted by molar-refractivity contribution is 7.54. The van der Waals surface area contributed by atoms with Gasteiger partial charge in [-0.3, -0.25) is 9.36 Å². The number of hydrogen-bond acceptors (Lipinski definition) is 5. The van der Waals surface area contributed by atoms with E-state index in [1.54, 1.807) is 38.1 Å². The topological polar surface area (TPSA) is 61.8 Å². The van der Waals surface area contributed by atoms with Crippen LogP contribution in [-0.2, 0) is 23.1 Å². The van der Waals surface area contributed by atoms with Crippen molar-refractivity contribution in [3.63, 3.8) is 0 Å². The summed E-state index contributed by atoms with van der Waals surface area (Å²) in [4.78, 5) is 11.2. The monoisotopic (exact) mass is 286 g/mol. The molecule has 0 bridgehead atoms. The van der Waals surface area contributed by atoms with Gasteiger partial charge < -0.3 is 13.8 Å². The Morgan fingerprint density at radius 1 is 1.16 bits per heavy atom. The van der Waals surface area contributed by atoms with Crippen molar-refractivity contribution in [2.24, 2.45) is 0 Å². The lowest BCUT2D eigenvalue weighted by Gasteiger charge is -2.25. The molecule has 0 spiro atoms. The molecule has 6 heteroatoms. The summed E-state index contributed by atoms with van der Waals surface area (Å²) < 4.78 is 28.4. The standard InChI is InChI=1S/C13H19O5P/c1-4-16-19(15,17-5-2)13(18-11(3)14)12-9-7-6-8-10-12/h6-10,13H,4-5H2,1-3H3. The largest absolute Gasteiger partial charge is 0.445 e. The van der Waals surface area contributed by atoms with E-state index in [1.165, 1.54) is 6.92 Å². The average molecular weight is 286 g/mol. The van der Waals surface area contributed by atoms with Gasteiger partial charge in [0.1, 0.15) is 0 Å². The molecule has 0 saturated carbocycles. The van der Waals surface area contributed by atoms with Crippen LogP contribution in [0, 0.1) is 0 Å². The third-order valence-electron chi connectivity index (χ3n) is 2.27. The zero-order valence-corrected chi connectivity index (χ0v) is 12.3. The Morgan fingerprint density at radius 2 is 1.68 bits per heavy atom. The van der Waals surface area contributed by atoms with Crippen LogP contribution in [0.4, 0.5) is 0 Å². The first kappa shape index (κ1) is 15.9. The first-order chi connectivity index (χ1) is 9.03. The normalized spacial score (nSPS) is 13.0. The van der Waals surface area contributed by atoms with Crippen LogP contribution in [0.5, 0.6) is 0 Å². The third kappa shape index (κ3) is 4.46. The Labute approximate surface area is 113 Å². The van der Waals surface area contributed by atoms with Gasteiger partial charge in [-0.2, -0.15) is 0 Å². The second-order valence-corrected chi connectivity index (χ2v) is 5.81. The molecule has 1 rings (SSSR count). The number of esters is 1. The SMILES string of the molecule is CCOP(=O)(OCC)C(OC(C)=O)c1ccccc1. The van der Waals surface area contributed by atoms with Gasteiger partial charge >= 0.3 is 13.6 Å². The maximum Gasteiger partial charge on any atom is 0.375 e. The van der Waals surface area contributed by atoms with Crippen LogP contribution < -0.4 is 0 Å². The van der Waals surface area contributed by atoms with Gasteiger partial charge in [-0.25, -0.2) is 0 Å². The summed E-state index contributed by atoms with van der Waals surface area (Å²) in [5.41, 5.74) is 0.586. The summed E-state index contributed by atoms with van der Waals surface area (Å²) in [7, 11) is -3.55. The summed E-state index contributed by atoms with van der Waals surface area (Å²) in [6, 6.07) is 8.80. The van der Waals surface area contributed by atoms with Gasteiger partial charge in [-0.15, -0.1) is 0 Å². The second kappa shape index (κ2) is 7.43. The Kier molecular flexibility index (Phi) is 6.22. The van der Waals surface area contributed by atoms with Crippen LogP contribution in [0.3, 0.4) is 0 Å². The van der Waals surface area contributed by atoms with Crippen LogP contribution in [0.1, 0.15) is 32.2 Å². The molecule has 1 aromatic carbocycles. The molecule has 0 amide bonds. The van der Waals surface area contributed by atoms with E-state index in [4.69, 9.17) is 13.8 Å². The van der Waals surface area contributed by atoms with Crippen molar-refractivity contribution in [2.75, 3.05) is 13.2 Å². The highest BCUT2D eigenvalue weighted by atomic mass is 31.2. The minimum absolute atomic E-state index is 0.210. The van der Waals surface area contributed by atoms with Crippen LogP contribution in [0.15, 0.2) is 30.3 Å². The van der Waals surface area contributed by atoms with Crippen LogP contribution >= 0.6 is 7.60 Å². The van der Waals surface area contributed by atoms with E-state index in [2.05, 4.69) is 0 Å². The van der Waals surface area contributed by atoms with E-state index in [-0.39, 0.29) is 13.2 Å². The molecule has 0 saturated heterocycles. The van der Waals surface area contributed by atoms with E-state index >= 15 is 0 Å². The van der Waals surface area contributed by atoms with Gasteiger partial charge in [0.2, 0.25) is 5.85 Å². The number of hydrogen-bond donors (Lipinski definition) is 0. The molecular formula is C13H19O5P. The molecule has 19 heavy (non-hydrogen) atoms. The van der Waals surface area contributed by atoms with Gasteiger partial charge in [0.15, 0.2) is 0 Å². The van der Waals surface area contributed by atoms with Crippen molar-refractivity contribution < 1.29 is 23.1 Å². The molecule has 1 aromatic rings. The highest BCUT2D eigenvalue weighted by Gasteiger charge is 2.39. The molecule has 0 aliphatic heterocycles. The fourth-order valence-electron chi connectivity index (χ4n) is 1.62. The summed E-state index contributed by atoms with van der Waals surface area (Å²) in [6.45, 7) is 5.10. The van der Waals surface area contributed by atoms with Crippen molar-refractivity contribution in [1.29, 1.82) is 0 Å². The summed E-state index contributed by atoms with van der Waals surface area (Å²) in [5, 5.41) is 0. The Hall–Kier alpha value is -1.16. The van der Waals surface area contributed by atoms with E-state index in [9.17, 15) is 9.36 Å². The van der Waals surface area contributed by atoms with E-state index < -0.39 is 19.4 Å². The lowest BCUT2D eigenvalue weighted by molar-refractivity contribution is -0.144. The van der Waals surface area contributed by atoms with Crippen molar-refractivity contribution in [1.82, 2.24) is 0 Å². The lowest BCUT2D eigenvalue weighted by Crippen LogP contribution is -2.13. The fourth-order valence-corrected chi connectivity index (χ4v) is 3.50. The molecule has 0 aliphatic carbocycles. The Bertz CT molecular complexity index is 436. The number of benzene rings is 1. The molecule has 106 valence electrons. The first-order valence-corrected chi connectivity index (χ1v) is 7.75. The van der Waals surface area contributed by atoms with E-state index in [0.717, 1.165) is 0 Å². The van der Waals surface area contributed by atoms with Crippen molar-refractivity contribution in [2.45, 2.75) is 26.6 Å². The quantitative estimate of drug-likeness (QED) is 0.567. The molecule has 0 aromatic heterocycles. The minimum Gasteiger partial charge on any atom is -0.445 e.